The molecule has 1 heterocycles. The van der Waals surface area contributed by atoms with E-state index in [1.165, 1.54) is 0 Å². The normalized spacial score (nSPS) is 13.5. The number of anilines is 1. The molecule has 1 aliphatic rings. The fourth-order valence-electron chi connectivity index (χ4n) is 1.75. The molecule has 0 fully saturated rings. The highest BCUT2D eigenvalue weighted by atomic mass is 16.5. The van der Waals surface area contributed by atoms with Crippen LogP contribution in [0.3, 0.4) is 0 Å². The van der Waals surface area contributed by atoms with E-state index in [0.29, 0.717) is 11.5 Å². The van der Waals surface area contributed by atoms with Gasteiger partial charge in [0.25, 0.3) is 0 Å². The van der Waals surface area contributed by atoms with Gasteiger partial charge in [-0.15, -0.1) is 0 Å². The minimum absolute atomic E-state index is 0.653. The van der Waals surface area contributed by atoms with Gasteiger partial charge in [0.05, 0.1) is 27.9 Å². The maximum Gasteiger partial charge on any atom is 0.164 e. The van der Waals surface area contributed by atoms with E-state index in [1.807, 2.05) is 29.4 Å². The molecule has 1 N–H and O–H groups in total. The van der Waals surface area contributed by atoms with E-state index < -0.39 is 0 Å². The minimum atomic E-state index is 0.653. The fourth-order valence-corrected chi connectivity index (χ4v) is 1.75. The van der Waals surface area contributed by atoms with Gasteiger partial charge in [-0.2, -0.15) is 0 Å². The van der Waals surface area contributed by atoms with Crippen molar-refractivity contribution in [1.29, 1.82) is 0 Å². The van der Waals surface area contributed by atoms with Crippen LogP contribution in [0.15, 0.2) is 24.4 Å². The zero-order chi connectivity index (χ0) is 12.3. The number of nitrogens with zero attached hydrogens (tertiary/aromatic N) is 1. The van der Waals surface area contributed by atoms with Gasteiger partial charge in [0, 0.05) is 18.3 Å². The van der Waals surface area contributed by atoms with E-state index in [2.05, 4.69) is 5.43 Å². The Morgan fingerprint density at radius 2 is 1.65 bits per heavy atom. The van der Waals surface area contributed by atoms with Crippen LogP contribution >= 0.6 is 0 Å². The van der Waals surface area contributed by atoms with Gasteiger partial charge in [-0.25, -0.2) is 0 Å². The third-order valence-corrected chi connectivity index (χ3v) is 2.61. The predicted molar refractivity (Wildman–Crippen MR) is 65.7 cm³/mol. The lowest BCUT2D eigenvalue weighted by molar-refractivity contribution is 0.349. The molecule has 0 saturated heterocycles. The van der Waals surface area contributed by atoms with Crippen molar-refractivity contribution in [2.75, 3.05) is 32.9 Å². The molecule has 2 rings (SSSR count). The number of rotatable bonds is 4. The number of methoxy groups -OCH3 is 3. The Bertz CT molecular complexity index is 424. The SMILES string of the molecule is COc1cc(OC)c(N2CC=CN2)cc1OC. The van der Waals surface area contributed by atoms with Crippen molar-refractivity contribution in [2.45, 2.75) is 0 Å². The van der Waals surface area contributed by atoms with Crippen LogP contribution in [-0.4, -0.2) is 27.9 Å². The Morgan fingerprint density at radius 1 is 1.00 bits per heavy atom. The van der Waals surface area contributed by atoms with Crippen molar-refractivity contribution >= 4 is 5.69 Å². The van der Waals surface area contributed by atoms with Gasteiger partial charge in [0.2, 0.25) is 0 Å². The summed E-state index contributed by atoms with van der Waals surface area (Å²) in [6.07, 6.45) is 3.91. The Kier molecular flexibility index (Phi) is 3.27. The van der Waals surface area contributed by atoms with Crippen LogP contribution in [0.4, 0.5) is 5.69 Å². The first-order valence-electron chi connectivity index (χ1n) is 5.29. The van der Waals surface area contributed by atoms with E-state index in [1.54, 1.807) is 21.3 Å². The van der Waals surface area contributed by atoms with Gasteiger partial charge < -0.3 is 19.6 Å². The highest BCUT2D eigenvalue weighted by Crippen LogP contribution is 2.39. The topological polar surface area (TPSA) is 43.0 Å². The quantitative estimate of drug-likeness (QED) is 0.859. The minimum Gasteiger partial charge on any atom is -0.494 e. The van der Waals surface area contributed by atoms with Gasteiger partial charge in [-0.1, -0.05) is 0 Å². The fraction of sp³-hybridized carbons (Fsp3) is 0.333. The molecule has 0 atom stereocenters. The predicted octanol–water partition coefficient (Wildman–Crippen LogP) is 1.55. The summed E-state index contributed by atoms with van der Waals surface area (Å²) in [6.45, 7) is 0.784. The van der Waals surface area contributed by atoms with Gasteiger partial charge in [0.15, 0.2) is 11.5 Å². The number of hydrogen-bond donors (Lipinski definition) is 1. The molecule has 5 heteroatoms. The van der Waals surface area contributed by atoms with E-state index in [4.69, 9.17) is 14.2 Å². The number of hydrogen-bond acceptors (Lipinski definition) is 5. The summed E-state index contributed by atoms with van der Waals surface area (Å²) in [5, 5.41) is 1.96. The van der Waals surface area contributed by atoms with Gasteiger partial charge in [0.1, 0.15) is 11.4 Å². The summed E-state index contributed by atoms with van der Waals surface area (Å²) < 4.78 is 15.9. The average molecular weight is 236 g/mol. The first-order valence-corrected chi connectivity index (χ1v) is 5.29. The Morgan fingerprint density at radius 3 is 2.18 bits per heavy atom. The molecule has 0 aromatic heterocycles. The highest BCUT2D eigenvalue weighted by molar-refractivity contribution is 5.66. The van der Waals surface area contributed by atoms with Crippen molar-refractivity contribution in [3.63, 3.8) is 0 Å². The van der Waals surface area contributed by atoms with Crippen molar-refractivity contribution in [3.8, 4) is 17.2 Å². The van der Waals surface area contributed by atoms with Crippen LogP contribution in [0.5, 0.6) is 17.2 Å². The zero-order valence-corrected chi connectivity index (χ0v) is 10.2. The molecule has 0 aliphatic carbocycles. The third kappa shape index (κ3) is 2.08. The van der Waals surface area contributed by atoms with Crippen molar-refractivity contribution < 1.29 is 14.2 Å². The first kappa shape index (κ1) is 11.4. The zero-order valence-electron chi connectivity index (χ0n) is 10.2. The number of ether oxygens (including phenoxy) is 3. The first-order chi connectivity index (χ1) is 8.30. The maximum atomic E-state index is 5.35. The van der Waals surface area contributed by atoms with Gasteiger partial charge in [-0.3, -0.25) is 5.01 Å². The van der Waals surface area contributed by atoms with E-state index in [-0.39, 0.29) is 0 Å². The van der Waals surface area contributed by atoms with Crippen LogP contribution in [0, 0.1) is 0 Å². The molecule has 92 valence electrons. The molecule has 0 bridgehead atoms. The van der Waals surface area contributed by atoms with E-state index in [0.717, 1.165) is 18.0 Å². The summed E-state index contributed by atoms with van der Waals surface area (Å²) >= 11 is 0. The van der Waals surface area contributed by atoms with Crippen molar-refractivity contribution in [3.05, 3.63) is 24.4 Å². The lowest BCUT2D eigenvalue weighted by Crippen LogP contribution is -2.29. The highest BCUT2D eigenvalue weighted by Gasteiger charge is 2.17. The second-order valence-electron chi connectivity index (χ2n) is 3.52. The van der Waals surface area contributed by atoms with Gasteiger partial charge >= 0.3 is 0 Å². The molecular weight excluding hydrogens is 220 g/mol. The number of hydrazine groups is 1. The molecule has 0 saturated carbocycles. The molecule has 1 aromatic carbocycles. The smallest absolute Gasteiger partial charge is 0.164 e. The molecule has 0 radical (unpaired) electrons. The molecule has 5 nitrogen and oxygen atoms in total. The molecular formula is C12H16N2O3. The third-order valence-electron chi connectivity index (χ3n) is 2.61. The molecule has 1 aromatic rings. The van der Waals surface area contributed by atoms with Gasteiger partial charge in [-0.05, 0) is 6.08 Å². The number of benzene rings is 1. The molecule has 1 aliphatic heterocycles. The summed E-state index contributed by atoms with van der Waals surface area (Å²) in [4.78, 5) is 0. The van der Waals surface area contributed by atoms with E-state index in [9.17, 15) is 0 Å². The monoisotopic (exact) mass is 236 g/mol. The second kappa shape index (κ2) is 4.86. The molecule has 0 amide bonds. The van der Waals surface area contributed by atoms with Crippen LogP contribution in [0.25, 0.3) is 0 Å². The molecule has 17 heavy (non-hydrogen) atoms. The molecule has 0 spiro atoms. The maximum absolute atomic E-state index is 5.35. The Balaban J connectivity index is 2.42. The second-order valence-corrected chi connectivity index (χ2v) is 3.52. The van der Waals surface area contributed by atoms with Crippen LogP contribution < -0.4 is 24.6 Å². The van der Waals surface area contributed by atoms with Crippen molar-refractivity contribution in [2.24, 2.45) is 0 Å². The Hall–Kier alpha value is -2.04. The lowest BCUT2D eigenvalue weighted by Gasteiger charge is -2.22. The average Bonchev–Trinajstić information content (AvgIpc) is 2.90. The summed E-state index contributed by atoms with van der Waals surface area (Å²) in [5.41, 5.74) is 4.02. The van der Waals surface area contributed by atoms with Crippen LogP contribution in [-0.2, 0) is 0 Å². The summed E-state index contributed by atoms with van der Waals surface area (Å²) in [5.74, 6) is 2.07. The number of nitrogens with one attached hydrogen (secondary N) is 1. The largest absolute Gasteiger partial charge is 0.494 e. The lowest BCUT2D eigenvalue weighted by atomic mass is 10.2. The Labute approximate surface area is 101 Å². The van der Waals surface area contributed by atoms with Crippen LogP contribution in [0.2, 0.25) is 0 Å². The standard InChI is InChI=1S/C12H16N2O3/c1-15-10-8-12(17-3)11(16-2)7-9(10)14-6-4-5-13-14/h4-5,7-8,13H,6H2,1-3H3. The molecule has 0 unspecified atom stereocenters. The van der Waals surface area contributed by atoms with Crippen LogP contribution in [0.1, 0.15) is 0 Å². The van der Waals surface area contributed by atoms with Crippen molar-refractivity contribution in [1.82, 2.24) is 5.43 Å². The van der Waals surface area contributed by atoms with E-state index >= 15 is 0 Å². The summed E-state index contributed by atoms with van der Waals surface area (Å²) in [6, 6.07) is 3.70. The summed E-state index contributed by atoms with van der Waals surface area (Å²) in [7, 11) is 4.85.